The van der Waals surface area contributed by atoms with Crippen LogP contribution in [0.1, 0.15) is 50.3 Å². The van der Waals surface area contributed by atoms with Crippen LogP contribution in [0.2, 0.25) is 0 Å². The van der Waals surface area contributed by atoms with Gasteiger partial charge in [-0.2, -0.15) is 0 Å². The minimum atomic E-state index is -0.641. The molecule has 0 radical (unpaired) electrons. The lowest BCUT2D eigenvalue weighted by Gasteiger charge is -2.26. The molecule has 0 fully saturated rings. The summed E-state index contributed by atoms with van der Waals surface area (Å²) in [5.41, 5.74) is 3.42. The highest BCUT2D eigenvalue weighted by Crippen LogP contribution is 2.20. The van der Waals surface area contributed by atoms with Gasteiger partial charge in [0, 0.05) is 13.1 Å². The Morgan fingerprint density at radius 2 is 1.89 bits per heavy atom. The summed E-state index contributed by atoms with van der Waals surface area (Å²) in [5, 5.41) is 9.84. The van der Waals surface area contributed by atoms with Gasteiger partial charge in [0.05, 0.1) is 5.60 Å². The van der Waals surface area contributed by atoms with Crippen molar-refractivity contribution < 1.29 is 5.11 Å². The highest BCUT2D eigenvalue weighted by Gasteiger charge is 2.16. The summed E-state index contributed by atoms with van der Waals surface area (Å²) in [6.07, 6.45) is 0. The second-order valence-electron chi connectivity index (χ2n) is 6.33. The van der Waals surface area contributed by atoms with E-state index in [-0.39, 0.29) is 0 Å². The molecule has 0 heterocycles. The van der Waals surface area contributed by atoms with Crippen LogP contribution in [0.3, 0.4) is 0 Å². The van der Waals surface area contributed by atoms with Crippen molar-refractivity contribution in [3.63, 3.8) is 0 Å². The second kappa shape index (κ2) is 5.85. The van der Waals surface area contributed by atoms with E-state index in [9.17, 15) is 5.11 Å². The minimum absolute atomic E-state index is 0.559. The van der Waals surface area contributed by atoms with Crippen LogP contribution in [0.4, 0.5) is 0 Å². The minimum Gasteiger partial charge on any atom is -0.389 e. The van der Waals surface area contributed by atoms with Crippen LogP contribution in [0.15, 0.2) is 18.2 Å². The summed E-state index contributed by atoms with van der Waals surface area (Å²) in [5.74, 6) is 0.559. The smallest absolute Gasteiger partial charge is 0.0718 e. The summed E-state index contributed by atoms with van der Waals surface area (Å²) >= 11 is 0. The quantitative estimate of drug-likeness (QED) is 0.865. The number of hydrogen-bond donors (Lipinski definition) is 1. The highest BCUT2D eigenvalue weighted by molar-refractivity contribution is 5.32. The number of rotatable bonds is 5. The first-order chi connectivity index (χ1) is 8.19. The second-order valence-corrected chi connectivity index (χ2v) is 6.33. The Labute approximate surface area is 112 Å². The molecule has 0 saturated heterocycles. The topological polar surface area (TPSA) is 23.5 Å². The van der Waals surface area contributed by atoms with E-state index in [1.54, 1.807) is 0 Å². The van der Waals surface area contributed by atoms with Crippen LogP contribution >= 0.6 is 0 Å². The molecule has 0 amide bonds. The van der Waals surface area contributed by atoms with Crippen LogP contribution in [0.5, 0.6) is 0 Å². The van der Waals surface area contributed by atoms with Gasteiger partial charge in [0.25, 0.3) is 0 Å². The largest absolute Gasteiger partial charge is 0.389 e. The van der Waals surface area contributed by atoms with E-state index >= 15 is 0 Å². The third-order valence-electron chi connectivity index (χ3n) is 3.14. The number of likely N-dealkylation sites (N-methyl/N-ethyl adjacent to an activating group) is 1. The number of aryl methyl sites for hydroxylation is 1. The average Bonchev–Trinajstić information content (AvgIpc) is 2.18. The Morgan fingerprint density at radius 1 is 1.28 bits per heavy atom. The van der Waals surface area contributed by atoms with Gasteiger partial charge >= 0.3 is 0 Å². The summed E-state index contributed by atoms with van der Waals surface area (Å²) in [7, 11) is 2.06. The predicted octanol–water partition coefficient (Wildman–Crippen LogP) is 3.32. The van der Waals surface area contributed by atoms with Gasteiger partial charge in [-0.1, -0.05) is 32.0 Å². The maximum absolute atomic E-state index is 9.84. The van der Waals surface area contributed by atoms with Crippen LogP contribution in [0, 0.1) is 6.92 Å². The molecular weight excluding hydrogens is 222 g/mol. The SMILES string of the molecule is Cc1ccc(C(C)C)cc1CN(C)CC(C)(C)O. The summed E-state index contributed by atoms with van der Waals surface area (Å²) in [6.45, 7) is 11.8. The number of benzene rings is 1. The van der Waals surface area contributed by atoms with Crippen LogP contribution in [0.25, 0.3) is 0 Å². The Kier molecular flexibility index (Phi) is 4.94. The molecule has 1 rings (SSSR count). The maximum atomic E-state index is 9.84. The van der Waals surface area contributed by atoms with Crippen molar-refractivity contribution in [1.82, 2.24) is 4.90 Å². The zero-order chi connectivity index (χ0) is 13.9. The van der Waals surface area contributed by atoms with Gasteiger partial charge in [-0.05, 0) is 50.4 Å². The molecular formula is C16H27NO. The normalized spacial score (nSPS) is 12.5. The van der Waals surface area contributed by atoms with Crippen LogP contribution in [-0.4, -0.2) is 29.2 Å². The first-order valence-corrected chi connectivity index (χ1v) is 6.69. The molecule has 1 N–H and O–H groups in total. The van der Waals surface area contributed by atoms with Crippen LogP contribution in [-0.2, 0) is 6.54 Å². The van der Waals surface area contributed by atoms with Crippen molar-refractivity contribution in [2.24, 2.45) is 0 Å². The van der Waals surface area contributed by atoms with Gasteiger partial charge in [-0.25, -0.2) is 0 Å². The third kappa shape index (κ3) is 4.79. The van der Waals surface area contributed by atoms with Crippen molar-refractivity contribution in [1.29, 1.82) is 0 Å². The van der Waals surface area contributed by atoms with Crippen molar-refractivity contribution in [2.45, 2.75) is 52.7 Å². The Morgan fingerprint density at radius 3 is 2.39 bits per heavy atom. The van der Waals surface area contributed by atoms with Gasteiger partial charge in [-0.15, -0.1) is 0 Å². The maximum Gasteiger partial charge on any atom is 0.0718 e. The van der Waals surface area contributed by atoms with Crippen LogP contribution < -0.4 is 0 Å². The first-order valence-electron chi connectivity index (χ1n) is 6.69. The fourth-order valence-electron chi connectivity index (χ4n) is 2.23. The number of nitrogens with zero attached hydrogens (tertiary/aromatic N) is 1. The van der Waals surface area contributed by atoms with Gasteiger partial charge in [0.15, 0.2) is 0 Å². The number of hydrogen-bond acceptors (Lipinski definition) is 2. The molecule has 102 valence electrons. The fourth-order valence-corrected chi connectivity index (χ4v) is 2.23. The van der Waals surface area contributed by atoms with Crippen molar-refractivity contribution in [3.8, 4) is 0 Å². The fraction of sp³-hybridized carbons (Fsp3) is 0.625. The van der Waals surface area contributed by atoms with E-state index in [0.717, 1.165) is 6.54 Å². The summed E-state index contributed by atoms with van der Waals surface area (Å²) in [4.78, 5) is 2.17. The molecule has 18 heavy (non-hydrogen) atoms. The molecule has 0 aromatic heterocycles. The Hall–Kier alpha value is -0.860. The van der Waals surface area contributed by atoms with E-state index in [0.29, 0.717) is 12.5 Å². The summed E-state index contributed by atoms with van der Waals surface area (Å²) < 4.78 is 0. The van der Waals surface area contributed by atoms with Gasteiger partial charge < -0.3 is 5.11 Å². The molecule has 2 heteroatoms. The monoisotopic (exact) mass is 249 g/mol. The lowest BCUT2D eigenvalue weighted by Crippen LogP contribution is -2.35. The van der Waals surface area contributed by atoms with E-state index in [1.807, 2.05) is 13.8 Å². The molecule has 2 nitrogen and oxygen atoms in total. The Balaban J connectivity index is 2.80. The molecule has 1 aromatic carbocycles. The lowest BCUT2D eigenvalue weighted by atomic mass is 9.97. The molecule has 1 aromatic rings. The molecule has 0 unspecified atom stereocenters. The van der Waals surface area contributed by atoms with Gasteiger partial charge in [0.2, 0.25) is 0 Å². The van der Waals surface area contributed by atoms with Crippen molar-refractivity contribution >= 4 is 0 Å². The zero-order valence-corrected chi connectivity index (χ0v) is 12.6. The summed E-state index contributed by atoms with van der Waals surface area (Å²) in [6, 6.07) is 6.70. The van der Waals surface area contributed by atoms with E-state index < -0.39 is 5.60 Å². The molecule has 0 bridgehead atoms. The lowest BCUT2D eigenvalue weighted by molar-refractivity contribution is 0.0424. The first kappa shape index (κ1) is 15.2. The molecule has 0 aliphatic heterocycles. The molecule has 0 saturated carbocycles. The van der Waals surface area contributed by atoms with Crippen molar-refractivity contribution in [3.05, 3.63) is 34.9 Å². The van der Waals surface area contributed by atoms with E-state index in [2.05, 4.69) is 50.9 Å². The average molecular weight is 249 g/mol. The van der Waals surface area contributed by atoms with Gasteiger partial charge in [0.1, 0.15) is 0 Å². The molecule has 0 aliphatic carbocycles. The van der Waals surface area contributed by atoms with E-state index in [1.165, 1.54) is 16.7 Å². The highest BCUT2D eigenvalue weighted by atomic mass is 16.3. The van der Waals surface area contributed by atoms with E-state index in [4.69, 9.17) is 0 Å². The standard InChI is InChI=1S/C16H27NO/c1-12(2)14-8-7-13(3)15(9-14)10-17(6)11-16(4,5)18/h7-9,12,18H,10-11H2,1-6H3. The third-order valence-corrected chi connectivity index (χ3v) is 3.14. The predicted molar refractivity (Wildman–Crippen MR) is 77.9 cm³/mol. The molecule has 0 atom stereocenters. The van der Waals surface area contributed by atoms with Crippen molar-refractivity contribution in [2.75, 3.05) is 13.6 Å². The molecule has 0 spiro atoms. The zero-order valence-electron chi connectivity index (χ0n) is 12.6. The molecule has 0 aliphatic rings. The van der Waals surface area contributed by atoms with Gasteiger partial charge in [-0.3, -0.25) is 4.90 Å². The Bertz CT molecular complexity index is 391. The number of aliphatic hydroxyl groups is 1.